The Morgan fingerprint density at radius 2 is 2.08 bits per heavy atom. The number of halogens is 1. The molecule has 26 heavy (non-hydrogen) atoms. The highest BCUT2D eigenvalue weighted by Crippen LogP contribution is 2.62. The molecule has 3 saturated heterocycles. The van der Waals surface area contributed by atoms with Crippen LogP contribution in [-0.2, 0) is 21.0 Å². The number of carbonyl (C=O) groups is 2. The van der Waals surface area contributed by atoms with Gasteiger partial charge in [-0.25, -0.2) is 9.29 Å². The number of aliphatic hydroxyl groups excluding tert-OH is 1. The summed E-state index contributed by atoms with van der Waals surface area (Å²) in [5.74, 6) is -1.95. The Balaban J connectivity index is 1.77. The van der Waals surface area contributed by atoms with Gasteiger partial charge in [0, 0.05) is 18.6 Å². The third kappa shape index (κ3) is 2.03. The van der Waals surface area contributed by atoms with E-state index in [0.29, 0.717) is 19.3 Å². The predicted molar refractivity (Wildman–Crippen MR) is 88.6 cm³/mol. The molecule has 4 atom stereocenters. The zero-order valence-electron chi connectivity index (χ0n) is 14.4. The molecule has 0 aliphatic carbocycles. The molecule has 6 nitrogen and oxygen atoms in total. The van der Waals surface area contributed by atoms with Crippen molar-refractivity contribution in [2.24, 2.45) is 11.8 Å². The first-order valence-corrected chi connectivity index (χ1v) is 8.68. The summed E-state index contributed by atoms with van der Waals surface area (Å²) in [4.78, 5) is 27.4. The van der Waals surface area contributed by atoms with Crippen LogP contribution in [0.3, 0.4) is 0 Å². The Morgan fingerprint density at radius 3 is 2.73 bits per heavy atom. The third-order valence-corrected chi connectivity index (χ3v) is 6.16. The molecule has 0 radical (unpaired) electrons. The lowest BCUT2D eigenvalue weighted by Gasteiger charge is -2.30. The van der Waals surface area contributed by atoms with E-state index in [9.17, 15) is 19.1 Å². The van der Waals surface area contributed by atoms with E-state index in [1.165, 1.54) is 18.2 Å². The normalized spacial score (nSPS) is 35.1. The monoisotopic (exact) mass is 358 g/mol. The number of benzene rings is 1. The van der Waals surface area contributed by atoms with Gasteiger partial charge in [-0.3, -0.25) is 9.59 Å². The van der Waals surface area contributed by atoms with Crippen molar-refractivity contribution in [1.29, 1.82) is 5.26 Å². The van der Waals surface area contributed by atoms with E-state index in [2.05, 4.69) is 0 Å². The maximum absolute atomic E-state index is 13.2. The average Bonchev–Trinajstić information content (AvgIpc) is 3.20. The van der Waals surface area contributed by atoms with E-state index < -0.39 is 29.7 Å². The van der Waals surface area contributed by atoms with Gasteiger partial charge in [-0.05, 0) is 38.0 Å². The Bertz CT molecular complexity index is 846. The fourth-order valence-corrected chi connectivity index (χ4v) is 4.99. The van der Waals surface area contributed by atoms with E-state index in [1.54, 1.807) is 0 Å². The maximum Gasteiger partial charge on any atom is 0.240 e. The van der Waals surface area contributed by atoms with Crippen LogP contribution in [0.15, 0.2) is 18.2 Å². The van der Waals surface area contributed by atoms with Crippen molar-refractivity contribution in [3.63, 3.8) is 0 Å². The summed E-state index contributed by atoms with van der Waals surface area (Å²) >= 11 is 0. The molecule has 2 unspecified atom stereocenters. The van der Waals surface area contributed by atoms with Crippen molar-refractivity contribution >= 4 is 17.5 Å². The third-order valence-electron chi connectivity index (χ3n) is 6.16. The summed E-state index contributed by atoms with van der Waals surface area (Å²) in [5, 5.41) is 18.5. The van der Waals surface area contributed by atoms with E-state index >= 15 is 0 Å². The summed E-state index contributed by atoms with van der Waals surface area (Å²) in [5.41, 5.74) is -0.925. The van der Waals surface area contributed by atoms with Gasteiger partial charge in [0.1, 0.15) is 6.67 Å². The number of alkyl halides is 1. The number of fused-ring (bicyclic) bond motifs is 5. The lowest BCUT2D eigenvalue weighted by Crippen LogP contribution is -2.42. The SMILES string of the molecule is CC12CCC(CCO)(O1)[C@@H]1C(=O)N(c3ccc(C#N)c(CF)c3)C(=O)[C@@H]12. The number of hydrogen-bond acceptors (Lipinski definition) is 5. The number of rotatable bonds is 4. The number of carbonyl (C=O) groups excluding carboxylic acids is 2. The lowest BCUT2D eigenvalue weighted by atomic mass is 9.67. The quantitative estimate of drug-likeness (QED) is 0.830. The molecule has 2 amide bonds. The van der Waals surface area contributed by atoms with Crippen molar-refractivity contribution in [2.45, 2.75) is 44.1 Å². The first-order chi connectivity index (χ1) is 12.4. The van der Waals surface area contributed by atoms with Gasteiger partial charge in [-0.15, -0.1) is 0 Å². The molecule has 0 saturated carbocycles. The second kappa shape index (κ2) is 5.60. The van der Waals surface area contributed by atoms with Gasteiger partial charge in [0.25, 0.3) is 0 Å². The highest BCUT2D eigenvalue weighted by atomic mass is 19.1. The number of nitrogens with zero attached hydrogens (tertiary/aromatic N) is 2. The number of ether oxygens (including phenoxy) is 1. The average molecular weight is 358 g/mol. The Labute approximate surface area is 150 Å². The molecule has 136 valence electrons. The molecule has 3 aliphatic rings. The minimum absolute atomic E-state index is 0.121. The van der Waals surface area contributed by atoms with E-state index in [-0.39, 0.29) is 35.2 Å². The highest BCUT2D eigenvalue weighted by molar-refractivity contribution is 6.23. The zero-order valence-corrected chi connectivity index (χ0v) is 14.4. The molecule has 0 spiro atoms. The van der Waals surface area contributed by atoms with Crippen LogP contribution in [0.4, 0.5) is 10.1 Å². The fraction of sp³-hybridized carbons (Fsp3) is 0.526. The minimum atomic E-state index is -0.852. The summed E-state index contributed by atoms with van der Waals surface area (Å²) in [6, 6.07) is 6.22. The Hall–Kier alpha value is -2.30. The number of aliphatic hydroxyl groups is 1. The van der Waals surface area contributed by atoms with Crippen LogP contribution >= 0.6 is 0 Å². The lowest BCUT2D eigenvalue weighted by molar-refractivity contribution is -0.131. The Kier molecular flexibility index (Phi) is 3.69. The first-order valence-electron chi connectivity index (χ1n) is 8.68. The minimum Gasteiger partial charge on any atom is -0.396 e. The maximum atomic E-state index is 13.2. The molecular weight excluding hydrogens is 339 g/mol. The molecule has 3 heterocycles. The van der Waals surface area contributed by atoms with Crippen LogP contribution in [0.1, 0.15) is 37.3 Å². The fourth-order valence-electron chi connectivity index (χ4n) is 4.99. The number of anilines is 1. The standard InChI is InChI=1S/C19H19FN2O4/c1-18-4-5-19(26-18,6-7-23)15-14(18)16(24)22(17(15)25)13-3-2-11(10-21)12(8-13)9-20/h2-3,8,14-15,23H,4-7,9H2,1H3/t14-,15+,18?,19?/m1/s1. The van der Waals surface area contributed by atoms with Crippen LogP contribution in [0.5, 0.6) is 0 Å². The van der Waals surface area contributed by atoms with Crippen LogP contribution in [0.2, 0.25) is 0 Å². The summed E-state index contributed by atoms with van der Waals surface area (Å²) in [7, 11) is 0. The second-order valence-corrected chi connectivity index (χ2v) is 7.51. The molecule has 1 N–H and O–H groups in total. The molecule has 3 aliphatic heterocycles. The van der Waals surface area contributed by atoms with Gasteiger partial charge in [0.05, 0.1) is 40.4 Å². The smallest absolute Gasteiger partial charge is 0.240 e. The predicted octanol–water partition coefficient (Wildman–Crippen LogP) is 1.84. The molecule has 1 aromatic carbocycles. The second-order valence-electron chi connectivity index (χ2n) is 7.51. The topological polar surface area (TPSA) is 90.6 Å². The molecule has 0 aromatic heterocycles. The number of nitriles is 1. The van der Waals surface area contributed by atoms with Gasteiger partial charge < -0.3 is 9.84 Å². The number of amides is 2. The molecule has 2 bridgehead atoms. The van der Waals surface area contributed by atoms with Gasteiger partial charge >= 0.3 is 0 Å². The van der Waals surface area contributed by atoms with Gasteiger partial charge in [0.15, 0.2) is 0 Å². The van der Waals surface area contributed by atoms with Crippen molar-refractivity contribution < 1.29 is 23.8 Å². The zero-order chi connectivity index (χ0) is 18.7. The van der Waals surface area contributed by atoms with Gasteiger partial charge in [-0.2, -0.15) is 5.26 Å². The van der Waals surface area contributed by atoms with Crippen LogP contribution in [-0.4, -0.2) is 34.7 Å². The van der Waals surface area contributed by atoms with Crippen LogP contribution in [0.25, 0.3) is 0 Å². The first kappa shape index (κ1) is 17.1. The molecular formula is C19H19FN2O4. The van der Waals surface area contributed by atoms with Crippen molar-refractivity contribution in [2.75, 3.05) is 11.5 Å². The van der Waals surface area contributed by atoms with E-state index in [1.807, 2.05) is 13.0 Å². The van der Waals surface area contributed by atoms with Crippen LogP contribution in [0, 0.1) is 23.2 Å². The van der Waals surface area contributed by atoms with E-state index in [4.69, 9.17) is 10.00 Å². The van der Waals surface area contributed by atoms with Crippen molar-refractivity contribution in [3.05, 3.63) is 29.3 Å². The number of hydrogen-bond donors (Lipinski definition) is 1. The van der Waals surface area contributed by atoms with Crippen LogP contribution < -0.4 is 4.90 Å². The highest BCUT2D eigenvalue weighted by Gasteiger charge is 2.73. The largest absolute Gasteiger partial charge is 0.396 e. The van der Waals surface area contributed by atoms with Crippen molar-refractivity contribution in [3.8, 4) is 6.07 Å². The molecule has 4 rings (SSSR count). The number of imide groups is 1. The summed E-state index contributed by atoms with van der Waals surface area (Å²) < 4.78 is 19.4. The summed E-state index contributed by atoms with van der Waals surface area (Å²) in [6.45, 7) is 0.871. The molecule has 7 heteroatoms. The van der Waals surface area contributed by atoms with Gasteiger partial charge in [-0.1, -0.05) is 0 Å². The summed E-state index contributed by atoms with van der Waals surface area (Å²) in [6.07, 6.45) is 1.59. The molecule has 1 aromatic rings. The van der Waals surface area contributed by atoms with Crippen molar-refractivity contribution in [1.82, 2.24) is 0 Å². The van der Waals surface area contributed by atoms with E-state index in [0.717, 1.165) is 4.90 Å². The van der Waals surface area contributed by atoms with Gasteiger partial charge in [0.2, 0.25) is 11.8 Å². The molecule has 3 fully saturated rings. The Morgan fingerprint density at radius 1 is 1.35 bits per heavy atom.